The lowest BCUT2D eigenvalue weighted by atomic mass is 10.4. The van der Waals surface area contributed by atoms with Crippen LogP contribution in [0.4, 0.5) is 5.82 Å². The Hall–Kier alpha value is -1.20. The summed E-state index contributed by atoms with van der Waals surface area (Å²) < 4.78 is 5.37. The molecule has 1 heterocycles. The highest BCUT2D eigenvalue weighted by Crippen LogP contribution is 2.04. The average molecular weight is 252 g/mol. The van der Waals surface area contributed by atoms with Gasteiger partial charge in [0.15, 0.2) is 0 Å². The summed E-state index contributed by atoms with van der Waals surface area (Å²) in [4.78, 5) is 11.0. The van der Waals surface area contributed by atoms with Gasteiger partial charge in [0.05, 0.1) is 24.7 Å². The first-order valence-corrected chi connectivity index (χ1v) is 6.65. The second-order valence-electron chi connectivity index (χ2n) is 3.99. The molecule has 0 atom stereocenters. The molecule has 0 saturated carbocycles. The molecule has 1 aromatic rings. The molecule has 5 nitrogen and oxygen atoms in total. The number of rotatable bonds is 9. The van der Waals surface area contributed by atoms with Gasteiger partial charge >= 0.3 is 0 Å². The minimum Gasteiger partial charge on any atom is -0.380 e. The third-order valence-electron chi connectivity index (χ3n) is 2.65. The SMILES string of the molecule is CCNc1cnc(CN(CC)CCOCC)cn1. The molecule has 0 radical (unpaired) electrons. The predicted molar refractivity (Wildman–Crippen MR) is 73.6 cm³/mol. The van der Waals surface area contributed by atoms with Gasteiger partial charge in [0.2, 0.25) is 0 Å². The standard InChI is InChI=1S/C13H24N4O/c1-4-14-13-10-15-12(9-16-13)11-17(5-2)7-8-18-6-3/h9-10H,4-8,11H2,1-3H3,(H,14,16). The van der Waals surface area contributed by atoms with E-state index < -0.39 is 0 Å². The van der Waals surface area contributed by atoms with Crippen molar-refractivity contribution in [3.8, 4) is 0 Å². The number of anilines is 1. The zero-order chi connectivity index (χ0) is 13.2. The fraction of sp³-hybridized carbons (Fsp3) is 0.692. The lowest BCUT2D eigenvalue weighted by molar-refractivity contribution is 0.112. The van der Waals surface area contributed by atoms with Gasteiger partial charge in [0.25, 0.3) is 0 Å². The Morgan fingerprint density at radius 1 is 1.22 bits per heavy atom. The normalized spacial score (nSPS) is 10.9. The number of hydrogen-bond donors (Lipinski definition) is 1. The first kappa shape index (κ1) is 14.9. The summed E-state index contributed by atoms with van der Waals surface area (Å²) in [7, 11) is 0. The summed E-state index contributed by atoms with van der Waals surface area (Å²) in [6.07, 6.45) is 3.62. The van der Waals surface area contributed by atoms with E-state index in [9.17, 15) is 0 Å². The molecule has 5 heteroatoms. The van der Waals surface area contributed by atoms with Gasteiger partial charge in [-0.25, -0.2) is 4.98 Å². The number of ether oxygens (including phenoxy) is 1. The molecule has 0 amide bonds. The molecule has 0 aliphatic rings. The molecular weight excluding hydrogens is 228 g/mol. The van der Waals surface area contributed by atoms with Crippen LogP contribution in [0.1, 0.15) is 26.5 Å². The van der Waals surface area contributed by atoms with Crippen molar-refractivity contribution in [1.29, 1.82) is 0 Å². The lowest BCUT2D eigenvalue weighted by Crippen LogP contribution is -2.27. The summed E-state index contributed by atoms with van der Waals surface area (Å²) in [6.45, 7) is 11.4. The number of nitrogens with zero attached hydrogens (tertiary/aromatic N) is 3. The van der Waals surface area contributed by atoms with Gasteiger partial charge in [0, 0.05) is 26.2 Å². The average Bonchev–Trinajstić information content (AvgIpc) is 2.40. The smallest absolute Gasteiger partial charge is 0.144 e. The third kappa shape index (κ3) is 5.42. The quantitative estimate of drug-likeness (QED) is 0.679. The van der Waals surface area contributed by atoms with Gasteiger partial charge < -0.3 is 10.1 Å². The molecule has 0 bridgehead atoms. The van der Waals surface area contributed by atoms with E-state index in [0.29, 0.717) is 0 Å². The first-order valence-electron chi connectivity index (χ1n) is 6.65. The highest BCUT2D eigenvalue weighted by atomic mass is 16.5. The molecule has 102 valence electrons. The zero-order valence-corrected chi connectivity index (χ0v) is 11.6. The largest absolute Gasteiger partial charge is 0.380 e. The van der Waals surface area contributed by atoms with Crippen molar-refractivity contribution in [2.75, 3.05) is 38.2 Å². The van der Waals surface area contributed by atoms with Crippen LogP contribution in [-0.4, -0.2) is 47.7 Å². The second kappa shape index (κ2) is 8.83. The van der Waals surface area contributed by atoms with Crippen LogP contribution in [0.25, 0.3) is 0 Å². The maximum Gasteiger partial charge on any atom is 0.144 e. The Bertz CT molecular complexity index is 315. The molecule has 1 aromatic heterocycles. The minimum atomic E-state index is 0.771. The fourth-order valence-corrected chi connectivity index (χ4v) is 1.62. The first-order chi connectivity index (χ1) is 8.80. The molecule has 0 aromatic carbocycles. The maximum atomic E-state index is 5.37. The molecule has 0 aliphatic carbocycles. The summed E-state index contributed by atoms with van der Waals surface area (Å²) >= 11 is 0. The van der Waals surface area contributed by atoms with E-state index in [1.165, 1.54) is 0 Å². The third-order valence-corrected chi connectivity index (χ3v) is 2.65. The van der Waals surface area contributed by atoms with Crippen LogP contribution >= 0.6 is 0 Å². The molecule has 0 fully saturated rings. The Morgan fingerprint density at radius 2 is 2.06 bits per heavy atom. The summed E-state index contributed by atoms with van der Waals surface area (Å²) in [5, 5.41) is 3.14. The second-order valence-corrected chi connectivity index (χ2v) is 3.99. The molecule has 0 unspecified atom stereocenters. The van der Waals surface area contributed by atoms with Crippen molar-refractivity contribution < 1.29 is 4.74 Å². The molecular formula is C13H24N4O. The van der Waals surface area contributed by atoms with Crippen LogP contribution < -0.4 is 5.32 Å². The van der Waals surface area contributed by atoms with E-state index in [-0.39, 0.29) is 0 Å². The molecule has 18 heavy (non-hydrogen) atoms. The van der Waals surface area contributed by atoms with Crippen LogP contribution in [0.15, 0.2) is 12.4 Å². The zero-order valence-electron chi connectivity index (χ0n) is 11.6. The minimum absolute atomic E-state index is 0.771. The van der Waals surface area contributed by atoms with Gasteiger partial charge in [0.1, 0.15) is 5.82 Å². The van der Waals surface area contributed by atoms with E-state index in [0.717, 1.165) is 50.9 Å². The van der Waals surface area contributed by atoms with Gasteiger partial charge in [-0.05, 0) is 20.4 Å². The highest BCUT2D eigenvalue weighted by Gasteiger charge is 2.05. The number of nitrogens with one attached hydrogen (secondary N) is 1. The Kier molecular flexibility index (Phi) is 7.29. The van der Waals surface area contributed by atoms with Crippen LogP contribution in [0.5, 0.6) is 0 Å². The highest BCUT2D eigenvalue weighted by molar-refractivity contribution is 5.30. The van der Waals surface area contributed by atoms with Crippen molar-refractivity contribution in [2.45, 2.75) is 27.3 Å². The van der Waals surface area contributed by atoms with E-state index in [2.05, 4.69) is 27.1 Å². The van der Waals surface area contributed by atoms with Crippen molar-refractivity contribution >= 4 is 5.82 Å². The van der Waals surface area contributed by atoms with Crippen molar-refractivity contribution in [3.63, 3.8) is 0 Å². The molecule has 0 saturated heterocycles. The molecule has 1 N–H and O–H groups in total. The fourth-order valence-electron chi connectivity index (χ4n) is 1.62. The van der Waals surface area contributed by atoms with Gasteiger partial charge in [-0.15, -0.1) is 0 Å². The van der Waals surface area contributed by atoms with E-state index >= 15 is 0 Å². The topological polar surface area (TPSA) is 50.3 Å². The number of hydrogen-bond acceptors (Lipinski definition) is 5. The van der Waals surface area contributed by atoms with Crippen molar-refractivity contribution in [3.05, 3.63) is 18.1 Å². The molecule has 0 aliphatic heterocycles. The van der Waals surface area contributed by atoms with Gasteiger partial charge in [-0.2, -0.15) is 0 Å². The van der Waals surface area contributed by atoms with E-state index in [4.69, 9.17) is 4.74 Å². The monoisotopic (exact) mass is 252 g/mol. The van der Waals surface area contributed by atoms with Crippen LogP contribution in [0.2, 0.25) is 0 Å². The van der Waals surface area contributed by atoms with Crippen molar-refractivity contribution in [1.82, 2.24) is 14.9 Å². The summed E-state index contributed by atoms with van der Waals surface area (Å²) in [5.41, 5.74) is 0.995. The number of aromatic nitrogens is 2. The maximum absolute atomic E-state index is 5.37. The van der Waals surface area contributed by atoms with Crippen LogP contribution in [0, 0.1) is 0 Å². The summed E-state index contributed by atoms with van der Waals surface area (Å²) in [5.74, 6) is 0.832. The predicted octanol–water partition coefficient (Wildman–Crippen LogP) is 1.77. The lowest BCUT2D eigenvalue weighted by Gasteiger charge is -2.19. The molecule has 1 rings (SSSR count). The van der Waals surface area contributed by atoms with E-state index in [1.807, 2.05) is 20.0 Å². The van der Waals surface area contributed by atoms with Crippen LogP contribution in [0.3, 0.4) is 0 Å². The van der Waals surface area contributed by atoms with Gasteiger partial charge in [-0.3, -0.25) is 9.88 Å². The summed E-state index contributed by atoms with van der Waals surface area (Å²) in [6, 6.07) is 0. The van der Waals surface area contributed by atoms with Gasteiger partial charge in [-0.1, -0.05) is 6.92 Å². The Morgan fingerprint density at radius 3 is 2.61 bits per heavy atom. The van der Waals surface area contributed by atoms with Crippen LogP contribution in [-0.2, 0) is 11.3 Å². The number of likely N-dealkylation sites (N-methyl/N-ethyl adjacent to an activating group) is 1. The Balaban J connectivity index is 2.43. The van der Waals surface area contributed by atoms with E-state index in [1.54, 1.807) is 6.20 Å². The van der Waals surface area contributed by atoms with Crippen molar-refractivity contribution in [2.24, 2.45) is 0 Å². The Labute approximate surface area is 110 Å². The molecule has 0 spiro atoms.